The van der Waals surface area contributed by atoms with Gasteiger partial charge >= 0.3 is 6.09 Å². The van der Waals surface area contributed by atoms with Gasteiger partial charge in [0.2, 0.25) is 11.8 Å². The zero-order chi connectivity index (χ0) is 33.7. The van der Waals surface area contributed by atoms with Gasteiger partial charge in [0, 0.05) is 32.6 Å². The largest absolute Gasteiger partial charge is 0.444 e. The summed E-state index contributed by atoms with van der Waals surface area (Å²) < 4.78 is 5.54. The molecule has 2 aliphatic heterocycles. The van der Waals surface area contributed by atoms with Gasteiger partial charge in [0.15, 0.2) is 0 Å². The SMILES string of the molecule is CC(C)(C)OC(=O)N1CCC(CNCC2C(=O)NC(Cc3ccc4ccccc4c3)C(=O)N2Cc2ccc(-c3ccccc3)cc2)CC1. The molecule has 4 aromatic rings. The summed E-state index contributed by atoms with van der Waals surface area (Å²) in [5.41, 5.74) is 3.70. The molecule has 0 saturated carbocycles. The van der Waals surface area contributed by atoms with Crippen LogP contribution in [0.5, 0.6) is 0 Å². The number of hydrogen-bond acceptors (Lipinski definition) is 5. The molecule has 2 N–H and O–H groups in total. The summed E-state index contributed by atoms with van der Waals surface area (Å²) in [6.07, 6.45) is 1.87. The second-order valence-corrected chi connectivity index (χ2v) is 14.1. The summed E-state index contributed by atoms with van der Waals surface area (Å²) in [6.45, 7) is 8.33. The van der Waals surface area contributed by atoms with Gasteiger partial charge in [-0.25, -0.2) is 4.79 Å². The van der Waals surface area contributed by atoms with Crippen molar-refractivity contribution in [2.45, 2.75) is 64.3 Å². The molecule has 0 radical (unpaired) electrons. The Hall–Kier alpha value is -4.69. The third-order valence-electron chi connectivity index (χ3n) is 9.28. The van der Waals surface area contributed by atoms with Gasteiger partial charge in [-0.2, -0.15) is 0 Å². The maximum Gasteiger partial charge on any atom is 0.410 e. The number of hydrogen-bond donors (Lipinski definition) is 2. The number of amides is 3. The van der Waals surface area contributed by atoms with E-state index in [4.69, 9.17) is 4.74 Å². The number of likely N-dealkylation sites (tertiary alicyclic amines) is 1. The second-order valence-electron chi connectivity index (χ2n) is 14.1. The molecule has 2 aliphatic rings. The molecule has 0 aromatic heterocycles. The van der Waals surface area contributed by atoms with Crippen LogP contribution >= 0.6 is 0 Å². The van der Waals surface area contributed by atoms with E-state index in [0.717, 1.165) is 45.9 Å². The van der Waals surface area contributed by atoms with E-state index in [0.29, 0.717) is 45.1 Å². The van der Waals surface area contributed by atoms with Crippen LogP contribution in [0.3, 0.4) is 0 Å². The minimum Gasteiger partial charge on any atom is -0.444 e. The maximum absolute atomic E-state index is 14.1. The van der Waals surface area contributed by atoms with E-state index in [9.17, 15) is 14.4 Å². The third kappa shape index (κ3) is 8.23. The van der Waals surface area contributed by atoms with E-state index >= 15 is 0 Å². The Labute approximate surface area is 283 Å². The van der Waals surface area contributed by atoms with E-state index in [2.05, 4.69) is 59.2 Å². The van der Waals surface area contributed by atoms with Crippen molar-refractivity contribution < 1.29 is 19.1 Å². The number of carbonyl (C=O) groups is 3. The first kappa shape index (κ1) is 33.2. The maximum atomic E-state index is 14.1. The van der Waals surface area contributed by atoms with E-state index in [1.54, 1.807) is 9.80 Å². The fourth-order valence-electron chi connectivity index (χ4n) is 6.66. The minimum absolute atomic E-state index is 0.0765. The van der Waals surface area contributed by atoms with Crippen molar-refractivity contribution in [3.05, 3.63) is 108 Å². The van der Waals surface area contributed by atoms with Gasteiger partial charge in [-0.3, -0.25) is 9.59 Å². The van der Waals surface area contributed by atoms with Crippen molar-refractivity contribution in [1.82, 2.24) is 20.4 Å². The zero-order valence-corrected chi connectivity index (χ0v) is 28.2. The van der Waals surface area contributed by atoms with Gasteiger partial charge in [-0.05, 0) is 79.1 Å². The Morgan fingerprint density at radius 1 is 0.812 bits per heavy atom. The Bertz CT molecular complexity index is 1730. The zero-order valence-electron chi connectivity index (χ0n) is 28.2. The molecule has 4 aromatic carbocycles. The summed E-state index contributed by atoms with van der Waals surface area (Å²) in [5, 5.41) is 8.81. The molecule has 2 fully saturated rings. The van der Waals surface area contributed by atoms with Gasteiger partial charge in [-0.1, -0.05) is 97.1 Å². The topological polar surface area (TPSA) is 91.0 Å². The summed E-state index contributed by atoms with van der Waals surface area (Å²) in [7, 11) is 0. The number of nitrogens with one attached hydrogen (secondary N) is 2. The van der Waals surface area contributed by atoms with Crippen LogP contribution in [0.25, 0.3) is 21.9 Å². The molecule has 6 rings (SSSR count). The molecular weight excluding hydrogens is 600 g/mol. The Morgan fingerprint density at radius 3 is 2.17 bits per heavy atom. The van der Waals surface area contributed by atoms with Crippen LogP contribution in [0, 0.1) is 5.92 Å². The molecule has 48 heavy (non-hydrogen) atoms. The highest BCUT2D eigenvalue weighted by Gasteiger charge is 2.40. The molecule has 3 amide bonds. The highest BCUT2D eigenvalue weighted by Crippen LogP contribution is 2.24. The van der Waals surface area contributed by atoms with Crippen LogP contribution in [0.15, 0.2) is 97.1 Å². The lowest BCUT2D eigenvalue weighted by Gasteiger charge is -2.39. The van der Waals surface area contributed by atoms with Crippen LogP contribution in [0.4, 0.5) is 4.79 Å². The summed E-state index contributed by atoms with van der Waals surface area (Å²) in [6, 6.07) is 31.5. The van der Waals surface area contributed by atoms with Crippen molar-refractivity contribution in [3.63, 3.8) is 0 Å². The molecule has 8 heteroatoms. The van der Waals surface area contributed by atoms with E-state index in [1.165, 1.54) is 0 Å². The fourth-order valence-corrected chi connectivity index (χ4v) is 6.66. The number of ether oxygens (including phenoxy) is 1. The van der Waals surface area contributed by atoms with Crippen molar-refractivity contribution in [3.8, 4) is 11.1 Å². The lowest BCUT2D eigenvalue weighted by atomic mass is 9.96. The average Bonchev–Trinajstić information content (AvgIpc) is 3.08. The lowest BCUT2D eigenvalue weighted by Crippen LogP contribution is -2.65. The lowest BCUT2D eigenvalue weighted by molar-refractivity contribution is -0.149. The first-order valence-corrected chi connectivity index (χ1v) is 17.0. The Kier molecular flexibility index (Phi) is 10.1. The molecule has 250 valence electrons. The molecule has 0 aliphatic carbocycles. The van der Waals surface area contributed by atoms with Gasteiger partial charge < -0.3 is 25.2 Å². The number of piperazine rings is 1. The predicted octanol–water partition coefficient (Wildman–Crippen LogP) is 6.18. The van der Waals surface area contributed by atoms with Crippen LogP contribution in [-0.2, 0) is 27.3 Å². The molecular formula is C40H46N4O4. The van der Waals surface area contributed by atoms with Crippen LogP contribution in [0.2, 0.25) is 0 Å². The van der Waals surface area contributed by atoms with E-state index in [1.807, 2.05) is 69.3 Å². The number of carbonyl (C=O) groups excluding carboxylic acids is 3. The quantitative estimate of drug-likeness (QED) is 0.227. The smallest absolute Gasteiger partial charge is 0.410 e. The predicted molar refractivity (Wildman–Crippen MR) is 189 cm³/mol. The Balaban J connectivity index is 1.13. The standard InChI is InChI=1S/C40H46N4O4/c1-40(2,3)48-39(47)43-21-19-28(20-22-43)25-41-26-36-37(45)42-35(24-30-15-18-32-11-7-8-12-34(32)23-30)38(46)44(36)27-29-13-16-33(17-14-29)31-9-5-4-6-10-31/h4-18,23,28,35-36,41H,19-22,24-27H2,1-3H3,(H,42,45). The highest BCUT2D eigenvalue weighted by atomic mass is 16.6. The molecule has 0 bridgehead atoms. The van der Waals surface area contributed by atoms with Crippen molar-refractivity contribution in [2.75, 3.05) is 26.2 Å². The summed E-state index contributed by atoms with van der Waals surface area (Å²) >= 11 is 0. The van der Waals surface area contributed by atoms with Crippen LogP contribution in [-0.4, -0.2) is 71.6 Å². The first-order valence-electron chi connectivity index (χ1n) is 17.0. The molecule has 2 saturated heterocycles. The van der Waals surface area contributed by atoms with E-state index in [-0.39, 0.29) is 17.9 Å². The van der Waals surface area contributed by atoms with Gasteiger partial charge in [-0.15, -0.1) is 0 Å². The van der Waals surface area contributed by atoms with Gasteiger partial charge in [0.25, 0.3) is 0 Å². The monoisotopic (exact) mass is 646 g/mol. The summed E-state index contributed by atoms with van der Waals surface area (Å²) in [4.78, 5) is 43.9. The number of rotatable bonds is 9. The molecule has 2 atom stereocenters. The summed E-state index contributed by atoms with van der Waals surface area (Å²) in [5.74, 6) is 0.145. The van der Waals surface area contributed by atoms with Crippen molar-refractivity contribution in [1.29, 1.82) is 0 Å². The normalized spacial score (nSPS) is 19.0. The first-order chi connectivity index (χ1) is 23.1. The number of piperidine rings is 1. The molecule has 2 heterocycles. The molecule has 0 spiro atoms. The van der Waals surface area contributed by atoms with Crippen LogP contribution in [0.1, 0.15) is 44.7 Å². The van der Waals surface area contributed by atoms with E-state index < -0.39 is 17.7 Å². The van der Waals surface area contributed by atoms with Gasteiger partial charge in [0.1, 0.15) is 17.7 Å². The van der Waals surface area contributed by atoms with Crippen LogP contribution < -0.4 is 10.6 Å². The van der Waals surface area contributed by atoms with Crippen molar-refractivity contribution >= 4 is 28.7 Å². The van der Waals surface area contributed by atoms with Crippen molar-refractivity contribution in [2.24, 2.45) is 5.92 Å². The fraction of sp³-hybridized carbons (Fsp3) is 0.375. The number of benzene rings is 4. The third-order valence-corrected chi connectivity index (χ3v) is 9.28. The number of nitrogens with zero attached hydrogens (tertiary/aromatic N) is 2. The molecule has 8 nitrogen and oxygen atoms in total. The Morgan fingerprint density at radius 2 is 1.46 bits per heavy atom. The minimum atomic E-state index is -0.643. The average molecular weight is 647 g/mol. The highest BCUT2D eigenvalue weighted by molar-refractivity contribution is 5.97. The van der Waals surface area contributed by atoms with Gasteiger partial charge in [0.05, 0.1) is 0 Å². The molecule has 2 unspecified atom stereocenters. The second kappa shape index (κ2) is 14.6. The number of fused-ring (bicyclic) bond motifs is 1.